The molecule has 2 aromatic rings. The van der Waals surface area contributed by atoms with Crippen LogP contribution in [-0.4, -0.2) is 11.0 Å². The van der Waals surface area contributed by atoms with E-state index in [1.165, 1.54) is 48.2 Å². The monoisotopic (exact) mass is 302 g/mol. The summed E-state index contributed by atoms with van der Waals surface area (Å²) in [5, 5.41) is 1.21. The van der Waals surface area contributed by atoms with Gasteiger partial charge in [-0.05, 0) is 36.8 Å². The maximum absolute atomic E-state index is 6.49. The standard InChI is InChI=1S/C18H26N2S/c1-2-5-13-8-10-14(11-9-13)15(19)12-18-20-16-6-3-4-7-17(16)21-18/h3-4,6-7,13-15H,2,5,8-12,19H2,1H3. The van der Waals surface area contributed by atoms with Gasteiger partial charge in [0.15, 0.2) is 0 Å². The number of hydrogen-bond acceptors (Lipinski definition) is 3. The second-order valence-corrected chi connectivity index (χ2v) is 7.63. The largest absolute Gasteiger partial charge is 0.327 e. The number of fused-ring (bicyclic) bond motifs is 1. The predicted octanol–water partition coefficient (Wildman–Crippen LogP) is 4.77. The van der Waals surface area contributed by atoms with Crippen molar-refractivity contribution in [3.05, 3.63) is 29.3 Å². The highest BCUT2D eigenvalue weighted by molar-refractivity contribution is 7.18. The molecular weight excluding hydrogens is 276 g/mol. The third-order valence-corrected chi connectivity index (χ3v) is 6.00. The molecule has 1 saturated carbocycles. The fourth-order valence-electron chi connectivity index (χ4n) is 3.69. The van der Waals surface area contributed by atoms with Gasteiger partial charge in [-0.1, -0.05) is 44.7 Å². The molecule has 21 heavy (non-hydrogen) atoms. The van der Waals surface area contributed by atoms with Crippen LogP contribution in [0.5, 0.6) is 0 Å². The van der Waals surface area contributed by atoms with Gasteiger partial charge in [0.2, 0.25) is 0 Å². The lowest BCUT2D eigenvalue weighted by Crippen LogP contribution is -2.34. The molecule has 1 unspecified atom stereocenters. The smallest absolute Gasteiger partial charge is 0.0954 e. The van der Waals surface area contributed by atoms with Crippen LogP contribution < -0.4 is 5.73 Å². The lowest BCUT2D eigenvalue weighted by Gasteiger charge is -2.31. The third-order valence-electron chi connectivity index (χ3n) is 4.94. The van der Waals surface area contributed by atoms with Gasteiger partial charge in [-0.2, -0.15) is 0 Å². The van der Waals surface area contributed by atoms with E-state index in [1.807, 2.05) is 11.3 Å². The van der Waals surface area contributed by atoms with Crippen LogP contribution in [0.2, 0.25) is 0 Å². The minimum Gasteiger partial charge on any atom is -0.327 e. The lowest BCUT2D eigenvalue weighted by molar-refractivity contribution is 0.232. The maximum Gasteiger partial charge on any atom is 0.0954 e. The van der Waals surface area contributed by atoms with Crippen molar-refractivity contribution in [1.29, 1.82) is 0 Å². The topological polar surface area (TPSA) is 38.9 Å². The van der Waals surface area contributed by atoms with E-state index in [0.29, 0.717) is 5.92 Å². The molecule has 0 bridgehead atoms. The van der Waals surface area contributed by atoms with Gasteiger partial charge >= 0.3 is 0 Å². The summed E-state index contributed by atoms with van der Waals surface area (Å²) in [5.41, 5.74) is 7.61. The Morgan fingerprint density at radius 3 is 2.71 bits per heavy atom. The Labute approximate surface area is 131 Å². The molecular formula is C18H26N2S. The van der Waals surface area contributed by atoms with Crippen LogP contribution in [-0.2, 0) is 6.42 Å². The second kappa shape index (κ2) is 6.89. The number of rotatable bonds is 5. The molecule has 0 spiro atoms. The summed E-state index contributed by atoms with van der Waals surface area (Å²) in [7, 11) is 0. The summed E-state index contributed by atoms with van der Waals surface area (Å²) < 4.78 is 1.28. The fourth-order valence-corrected chi connectivity index (χ4v) is 4.73. The highest BCUT2D eigenvalue weighted by Gasteiger charge is 2.25. The molecule has 1 aliphatic rings. The number of para-hydroxylation sites is 1. The van der Waals surface area contributed by atoms with Crippen molar-refractivity contribution in [2.75, 3.05) is 0 Å². The molecule has 1 fully saturated rings. The minimum absolute atomic E-state index is 0.285. The Kier molecular flexibility index (Phi) is 4.91. The summed E-state index contributed by atoms with van der Waals surface area (Å²) in [6.07, 6.45) is 9.07. The zero-order valence-corrected chi connectivity index (χ0v) is 13.7. The molecule has 1 aromatic heterocycles. The van der Waals surface area contributed by atoms with Gasteiger partial charge in [0.25, 0.3) is 0 Å². The van der Waals surface area contributed by atoms with Gasteiger partial charge < -0.3 is 5.73 Å². The molecule has 2 N–H and O–H groups in total. The van der Waals surface area contributed by atoms with Gasteiger partial charge in [-0.25, -0.2) is 4.98 Å². The third kappa shape index (κ3) is 3.64. The van der Waals surface area contributed by atoms with Crippen LogP contribution in [0.4, 0.5) is 0 Å². The van der Waals surface area contributed by atoms with E-state index in [-0.39, 0.29) is 6.04 Å². The SMILES string of the molecule is CCCC1CCC(C(N)Cc2nc3ccccc3s2)CC1. The van der Waals surface area contributed by atoms with E-state index >= 15 is 0 Å². The summed E-state index contributed by atoms with van der Waals surface area (Å²) in [4.78, 5) is 4.73. The first-order valence-electron chi connectivity index (χ1n) is 8.36. The molecule has 0 radical (unpaired) electrons. The molecule has 1 atom stereocenters. The summed E-state index contributed by atoms with van der Waals surface area (Å²) >= 11 is 1.81. The maximum atomic E-state index is 6.49. The number of thiazole rings is 1. The molecule has 0 saturated heterocycles. The van der Waals surface area contributed by atoms with Gasteiger partial charge in [0.05, 0.1) is 15.2 Å². The van der Waals surface area contributed by atoms with Crippen LogP contribution in [0, 0.1) is 11.8 Å². The molecule has 2 nitrogen and oxygen atoms in total. The number of nitrogens with two attached hydrogens (primary N) is 1. The van der Waals surface area contributed by atoms with Crippen molar-refractivity contribution < 1.29 is 0 Å². The van der Waals surface area contributed by atoms with E-state index < -0.39 is 0 Å². The lowest BCUT2D eigenvalue weighted by atomic mass is 9.76. The Balaban J connectivity index is 1.57. The van der Waals surface area contributed by atoms with E-state index in [4.69, 9.17) is 10.7 Å². The molecule has 1 heterocycles. The van der Waals surface area contributed by atoms with Gasteiger partial charge in [0, 0.05) is 12.5 Å². The number of nitrogens with zero attached hydrogens (tertiary/aromatic N) is 1. The molecule has 0 aliphatic heterocycles. The van der Waals surface area contributed by atoms with Crippen molar-refractivity contribution in [1.82, 2.24) is 4.98 Å². The predicted molar refractivity (Wildman–Crippen MR) is 91.7 cm³/mol. The summed E-state index contributed by atoms with van der Waals surface area (Å²) in [5.74, 6) is 1.66. The highest BCUT2D eigenvalue weighted by atomic mass is 32.1. The van der Waals surface area contributed by atoms with E-state index in [0.717, 1.165) is 17.9 Å². The molecule has 114 valence electrons. The van der Waals surface area contributed by atoms with E-state index in [2.05, 4.69) is 31.2 Å². The van der Waals surface area contributed by atoms with Crippen LogP contribution >= 0.6 is 11.3 Å². The zero-order chi connectivity index (χ0) is 14.7. The first-order valence-corrected chi connectivity index (χ1v) is 9.18. The number of benzene rings is 1. The van der Waals surface area contributed by atoms with Crippen LogP contribution in [0.25, 0.3) is 10.2 Å². The minimum atomic E-state index is 0.285. The Hall–Kier alpha value is -0.930. The molecule has 3 rings (SSSR count). The van der Waals surface area contributed by atoms with Crippen LogP contribution in [0.15, 0.2) is 24.3 Å². The molecule has 1 aliphatic carbocycles. The first-order chi connectivity index (χ1) is 10.3. The molecule has 3 heteroatoms. The van der Waals surface area contributed by atoms with Crippen LogP contribution in [0.3, 0.4) is 0 Å². The Morgan fingerprint density at radius 2 is 2.00 bits per heavy atom. The zero-order valence-electron chi connectivity index (χ0n) is 12.9. The van der Waals surface area contributed by atoms with Crippen molar-refractivity contribution in [3.63, 3.8) is 0 Å². The summed E-state index contributed by atoms with van der Waals surface area (Å²) in [6.45, 7) is 2.30. The molecule has 1 aromatic carbocycles. The second-order valence-electron chi connectivity index (χ2n) is 6.51. The fraction of sp³-hybridized carbons (Fsp3) is 0.611. The van der Waals surface area contributed by atoms with Crippen molar-refractivity contribution >= 4 is 21.6 Å². The van der Waals surface area contributed by atoms with Gasteiger partial charge in [-0.3, -0.25) is 0 Å². The molecule has 0 amide bonds. The number of hydrogen-bond donors (Lipinski definition) is 1. The van der Waals surface area contributed by atoms with Crippen molar-refractivity contribution in [2.45, 2.75) is 57.9 Å². The number of aromatic nitrogens is 1. The van der Waals surface area contributed by atoms with Crippen molar-refractivity contribution in [2.24, 2.45) is 17.6 Å². The normalized spacial score (nSPS) is 24.3. The van der Waals surface area contributed by atoms with E-state index in [1.54, 1.807) is 0 Å². The van der Waals surface area contributed by atoms with Gasteiger partial charge in [0.1, 0.15) is 0 Å². The van der Waals surface area contributed by atoms with Crippen LogP contribution in [0.1, 0.15) is 50.5 Å². The average Bonchev–Trinajstić information content (AvgIpc) is 2.90. The quantitative estimate of drug-likeness (QED) is 0.864. The first kappa shape index (κ1) is 15.0. The highest BCUT2D eigenvalue weighted by Crippen LogP contribution is 2.34. The van der Waals surface area contributed by atoms with Crippen molar-refractivity contribution in [3.8, 4) is 0 Å². The van der Waals surface area contributed by atoms with Gasteiger partial charge in [-0.15, -0.1) is 11.3 Å². The Morgan fingerprint density at radius 1 is 1.24 bits per heavy atom. The summed E-state index contributed by atoms with van der Waals surface area (Å²) in [6, 6.07) is 8.67. The average molecular weight is 302 g/mol. The van der Waals surface area contributed by atoms with E-state index in [9.17, 15) is 0 Å². The Bertz CT molecular complexity index is 536.